The van der Waals surface area contributed by atoms with Crippen LogP contribution in [0.4, 0.5) is 0 Å². The Morgan fingerprint density at radius 2 is 1.88 bits per heavy atom. The molecular weight excluding hydrogens is 424 g/mol. The molecule has 0 spiro atoms. The van der Waals surface area contributed by atoms with Gasteiger partial charge in [0, 0.05) is 32.1 Å². The number of benzene rings is 2. The van der Waals surface area contributed by atoms with Crippen molar-refractivity contribution in [3.63, 3.8) is 0 Å². The molecule has 1 fully saturated rings. The van der Waals surface area contributed by atoms with E-state index < -0.39 is 17.9 Å². The van der Waals surface area contributed by atoms with Gasteiger partial charge in [0.1, 0.15) is 5.75 Å². The number of nitrogens with zero attached hydrogens (tertiary/aromatic N) is 2. The van der Waals surface area contributed by atoms with E-state index in [0.717, 1.165) is 11.1 Å². The van der Waals surface area contributed by atoms with Crippen LogP contribution in [0.3, 0.4) is 0 Å². The molecule has 0 bridgehead atoms. The summed E-state index contributed by atoms with van der Waals surface area (Å²) in [4.78, 5) is 29.0. The number of hydrogen-bond acceptors (Lipinski definition) is 6. The van der Waals surface area contributed by atoms with E-state index in [1.54, 1.807) is 25.1 Å². The minimum absolute atomic E-state index is 0.0936. The Bertz CT molecular complexity index is 1040. The lowest BCUT2D eigenvalue weighted by molar-refractivity contribution is -0.143. The summed E-state index contributed by atoms with van der Waals surface area (Å²) in [6.07, 6.45) is 1.66. The first kappa shape index (κ1) is 22.7. The summed E-state index contributed by atoms with van der Waals surface area (Å²) in [6, 6.07) is 12.4. The topological polar surface area (TPSA) is 88.5 Å². The molecule has 2 aromatic rings. The predicted molar refractivity (Wildman–Crippen MR) is 122 cm³/mol. The molecule has 0 aliphatic carbocycles. The van der Waals surface area contributed by atoms with Gasteiger partial charge in [-0.25, -0.2) is 0 Å². The number of carbonyl (C=O) groups is 2. The third kappa shape index (κ3) is 4.52. The number of carboxylic acid groups (broad SMARTS) is 1. The van der Waals surface area contributed by atoms with E-state index in [1.165, 1.54) is 0 Å². The van der Waals surface area contributed by atoms with Crippen LogP contribution in [-0.4, -0.2) is 67.4 Å². The van der Waals surface area contributed by atoms with Crippen molar-refractivity contribution in [1.82, 2.24) is 9.80 Å². The fourth-order valence-corrected chi connectivity index (χ4v) is 4.66. The second kappa shape index (κ2) is 9.54. The van der Waals surface area contributed by atoms with Gasteiger partial charge in [0.25, 0.3) is 0 Å². The first-order valence-electron chi connectivity index (χ1n) is 10.8. The van der Waals surface area contributed by atoms with Crippen LogP contribution in [0.2, 0.25) is 0 Å². The van der Waals surface area contributed by atoms with Crippen LogP contribution in [0.15, 0.2) is 55.1 Å². The molecule has 2 aliphatic heterocycles. The molecule has 0 saturated carbocycles. The van der Waals surface area contributed by atoms with Gasteiger partial charge >= 0.3 is 5.97 Å². The molecule has 3 atom stereocenters. The highest BCUT2D eigenvalue weighted by atomic mass is 16.7. The number of carbonyl (C=O) groups excluding carboxylic acids is 1. The van der Waals surface area contributed by atoms with Crippen molar-refractivity contribution < 1.29 is 28.9 Å². The van der Waals surface area contributed by atoms with Gasteiger partial charge in [-0.2, -0.15) is 0 Å². The first-order valence-corrected chi connectivity index (χ1v) is 10.8. The molecule has 0 aromatic heterocycles. The average molecular weight is 453 g/mol. The fourth-order valence-electron chi connectivity index (χ4n) is 4.66. The van der Waals surface area contributed by atoms with E-state index >= 15 is 0 Å². The molecule has 2 aromatic carbocycles. The molecule has 2 aliphatic rings. The van der Waals surface area contributed by atoms with Crippen molar-refractivity contribution in [2.75, 3.05) is 40.6 Å². The Morgan fingerprint density at radius 3 is 2.55 bits per heavy atom. The molecule has 1 N–H and O–H groups in total. The number of rotatable bonds is 8. The molecule has 0 radical (unpaired) electrons. The summed E-state index contributed by atoms with van der Waals surface area (Å²) < 4.78 is 16.2. The van der Waals surface area contributed by atoms with Gasteiger partial charge in [0.15, 0.2) is 11.5 Å². The quantitative estimate of drug-likeness (QED) is 0.616. The number of fused-ring (bicyclic) bond motifs is 1. The van der Waals surface area contributed by atoms with Gasteiger partial charge in [-0.1, -0.05) is 24.3 Å². The smallest absolute Gasteiger partial charge is 0.309 e. The summed E-state index contributed by atoms with van der Waals surface area (Å²) in [7, 11) is 3.30. The Kier molecular flexibility index (Phi) is 6.55. The van der Waals surface area contributed by atoms with Crippen LogP contribution in [0.25, 0.3) is 0 Å². The lowest BCUT2D eigenvalue weighted by Crippen LogP contribution is -2.39. The van der Waals surface area contributed by atoms with E-state index in [4.69, 9.17) is 14.2 Å². The highest BCUT2D eigenvalue weighted by Crippen LogP contribution is 2.47. The Hall–Kier alpha value is -3.52. The van der Waals surface area contributed by atoms with Crippen LogP contribution >= 0.6 is 0 Å². The Balaban J connectivity index is 1.71. The number of likely N-dealkylation sites (tertiary alicyclic amines) is 1. The highest BCUT2D eigenvalue weighted by Gasteiger charge is 2.48. The second-order valence-electron chi connectivity index (χ2n) is 8.29. The summed E-state index contributed by atoms with van der Waals surface area (Å²) in [5.74, 6) is -0.148. The van der Waals surface area contributed by atoms with Crippen molar-refractivity contribution in [2.24, 2.45) is 5.92 Å². The Morgan fingerprint density at radius 1 is 1.18 bits per heavy atom. The van der Waals surface area contributed by atoms with Crippen LogP contribution in [0, 0.1) is 5.92 Å². The lowest BCUT2D eigenvalue weighted by Gasteiger charge is -2.28. The number of ether oxygens (including phenoxy) is 3. The standard InChI is InChI=1S/C25H28N2O6/c1-4-11-26(2)22(28)14-27-13-19(17-7-10-20-21(12-17)33-15-32-20)23(25(29)30)24(27)16-5-8-18(31-3)9-6-16/h4-10,12,19,23-24H,1,11,13-15H2,2-3H3,(H,29,30). The van der Waals surface area contributed by atoms with Gasteiger partial charge < -0.3 is 24.2 Å². The van der Waals surface area contributed by atoms with Gasteiger partial charge in [0.05, 0.1) is 19.6 Å². The highest BCUT2D eigenvalue weighted by molar-refractivity contribution is 5.79. The molecule has 1 saturated heterocycles. The van der Waals surface area contributed by atoms with Crippen molar-refractivity contribution in [2.45, 2.75) is 12.0 Å². The van der Waals surface area contributed by atoms with Gasteiger partial charge in [-0.3, -0.25) is 14.5 Å². The van der Waals surface area contributed by atoms with E-state index in [2.05, 4.69) is 6.58 Å². The maximum Gasteiger partial charge on any atom is 0.309 e. The maximum atomic E-state index is 12.9. The van der Waals surface area contributed by atoms with E-state index in [1.807, 2.05) is 47.4 Å². The molecule has 8 heteroatoms. The number of hydrogen-bond donors (Lipinski definition) is 1. The number of likely N-dealkylation sites (N-methyl/N-ethyl adjacent to an activating group) is 1. The fraction of sp³-hybridized carbons (Fsp3) is 0.360. The second-order valence-corrected chi connectivity index (χ2v) is 8.29. The van der Waals surface area contributed by atoms with E-state index in [0.29, 0.717) is 30.3 Å². The lowest BCUT2D eigenvalue weighted by atomic mass is 9.82. The molecule has 3 unspecified atom stereocenters. The minimum Gasteiger partial charge on any atom is -0.497 e. The largest absolute Gasteiger partial charge is 0.497 e. The summed E-state index contributed by atoms with van der Waals surface area (Å²) in [6.45, 7) is 4.78. The van der Waals surface area contributed by atoms with E-state index in [9.17, 15) is 14.7 Å². The number of carboxylic acids is 1. The normalized spacial score (nSPS) is 21.6. The molecule has 174 valence electrons. The van der Waals surface area contributed by atoms with Crippen LogP contribution in [0.5, 0.6) is 17.2 Å². The van der Waals surface area contributed by atoms with E-state index in [-0.39, 0.29) is 25.2 Å². The molecule has 33 heavy (non-hydrogen) atoms. The summed E-state index contributed by atoms with van der Waals surface area (Å²) >= 11 is 0. The first-order chi connectivity index (χ1) is 15.9. The van der Waals surface area contributed by atoms with Crippen molar-refractivity contribution in [3.8, 4) is 17.2 Å². The van der Waals surface area contributed by atoms with Gasteiger partial charge in [-0.15, -0.1) is 6.58 Å². The van der Waals surface area contributed by atoms with Crippen LogP contribution < -0.4 is 14.2 Å². The van der Waals surface area contributed by atoms with Crippen molar-refractivity contribution in [1.29, 1.82) is 0 Å². The van der Waals surface area contributed by atoms with Gasteiger partial charge in [0.2, 0.25) is 12.7 Å². The third-order valence-corrected chi connectivity index (χ3v) is 6.33. The molecule has 2 heterocycles. The number of aliphatic carboxylic acids is 1. The molecular formula is C25H28N2O6. The summed E-state index contributed by atoms with van der Waals surface area (Å²) in [5, 5.41) is 10.3. The van der Waals surface area contributed by atoms with Crippen LogP contribution in [0.1, 0.15) is 23.1 Å². The Labute approximate surface area is 193 Å². The number of methoxy groups -OCH3 is 1. The molecule has 4 rings (SSSR count). The average Bonchev–Trinajstić information content (AvgIpc) is 3.43. The van der Waals surface area contributed by atoms with Crippen molar-refractivity contribution >= 4 is 11.9 Å². The molecule has 1 amide bonds. The maximum absolute atomic E-state index is 12.9. The third-order valence-electron chi connectivity index (χ3n) is 6.33. The zero-order valence-electron chi connectivity index (χ0n) is 18.8. The molecule has 8 nitrogen and oxygen atoms in total. The predicted octanol–water partition coefficient (Wildman–Crippen LogP) is 2.91. The minimum atomic E-state index is -0.909. The SMILES string of the molecule is C=CCN(C)C(=O)CN1CC(c2ccc3c(c2)OCO3)C(C(=O)O)C1c1ccc(OC)cc1. The zero-order valence-corrected chi connectivity index (χ0v) is 18.8. The number of amides is 1. The monoisotopic (exact) mass is 452 g/mol. The van der Waals surface area contributed by atoms with Crippen molar-refractivity contribution in [3.05, 3.63) is 66.2 Å². The van der Waals surface area contributed by atoms with Crippen LogP contribution in [-0.2, 0) is 9.59 Å². The van der Waals surface area contributed by atoms with Gasteiger partial charge in [-0.05, 0) is 35.4 Å². The zero-order chi connectivity index (χ0) is 23.5. The summed E-state index contributed by atoms with van der Waals surface area (Å²) in [5.41, 5.74) is 1.67.